The van der Waals surface area contributed by atoms with E-state index in [1.54, 1.807) is 0 Å². The van der Waals surface area contributed by atoms with E-state index in [1.807, 2.05) is 78.2 Å². The number of anilines is 2. The summed E-state index contributed by atoms with van der Waals surface area (Å²) in [7, 11) is -4.38. The summed E-state index contributed by atoms with van der Waals surface area (Å²) < 4.78 is 46.9. The standard InChI is InChI=1S/C29H29Cl2N3O7S2.K/c1-2-32-25-17-22(30)23(31)18-26(25)33(12-6-14-42-41-40-35)28(32)19-29-34(13-7-15-43(36,37)38)24-11-10-21(16-27(24)39-29)20-8-4-3-5-9-20;/h3-5,8-11,16-19H,2,6-7,12-15H2,1H3,(H-,35,36,37,38);/q;+1/p-1. The first-order valence-electron chi connectivity index (χ1n) is 13.5. The van der Waals surface area contributed by atoms with Gasteiger partial charge in [0.25, 0.3) is 5.52 Å². The smallest absolute Gasteiger partial charge is 0.748 e. The quantitative estimate of drug-likeness (QED) is 0.0391. The van der Waals surface area contributed by atoms with Crippen molar-refractivity contribution in [2.45, 2.75) is 26.3 Å². The van der Waals surface area contributed by atoms with Gasteiger partial charge < -0.3 is 24.0 Å². The van der Waals surface area contributed by atoms with Crippen molar-refractivity contribution < 1.29 is 88.0 Å². The molecule has 0 spiro atoms. The molecule has 0 atom stereocenters. The molecule has 228 valence electrons. The van der Waals surface area contributed by atoms with Gasteiger partial charge in [-0.05, 0) is 48.7 Å². The average molecular weight is 705 g/mol. The van der Waals surface area contributed by atoms with E-state index in [2.05, 4.69) is 19.2 Å². The summed E-state index contributed by atoms with van der Waals surface area (Å²) in [5.74, 6) is 1.26. The summed E-state index contributed by atoms with van der Waals surface area (Å²) in [5, 5.41) is 14.5. The first kappa shape index (κ1) is 35.7. The van der Waals surface area contributed by atoms with Gasteiger partial charge in [-0.2, -0.15) is 8.90 Å². The molecule has 0 aliphatic carbocycles. The second-order valence-electron chi connectivity index (χ2n) is 9.72. The van der Waals surface area contributed by atoms with Crippen LogP contribution in [-0.4, -0.2) is 37.6 Å². The molecule has 0 bridgehead atoms. The number of benzene rings is 3. The topological polar surface area (TPSA) is 122 Å². The molecule has 0 unspecified atom stereocenters. The molecule has 0 N–H and O–H groups in total. The fraction of sp³-hybridized carbons (Fsp3) is 0.276. The van der Waals surface area contributed by atoms with Crippen molar-refractivity contribution in [3.05, 3.63) is 82.4 Å². The maximum Gasteiger partial charge on any atom is 1.00 e. The molecular weight excluding hydrogens is 676 g/mol. The van der Waals surface area contributed by atoms with Crippen molar-refractivity contribution in [3.8, 4) is 11.1 Å². The van der Waals surface area contributed by atoms with Crippen LogP contribution in [0.5, 0.6) is 0 Å². The largest absolute Gasteiger partial charge is 1.00 e. The van der Waals surface area contributed by atoms with Gasteiger partial charge in [0.1, 0.15) is 5.82 Å². The predicted octanol–water partition coefficient (Wildman–Crippen LogP) is 2.54. The number of aryl methyl sites for hydroxylation is 1. The zero-order valence-corrected chi connectivity index (χ0v) is 30.3. The van der Waals surface area contributed by atoms with Crippen molar-refractivity contribution in [2.24, 2.45) is 0 Å². The third-order valence-corrected chi connectivity index (χ3v) is 9.14. The molecule has 0 saturated carbocycles. The van der Waals surface area contributed by atoms with Crippen LogP contribution in [0.2, 0.25) is 10.0 Å². The minimum Gasteiger partial charge on any atom is -0.748 e. The van der Waals surface area contributed by atoms with Crippen molar-refractivity contribution in [1.82, 2.24) is 0 Å². The van der Waals surface area contributed by atoms with Crippen molar-refractivity contribution >= 4 is 73.9 Å². The number of aromatic nitrogens is 1. The van der Waals surface area contributed by atoms with Gasteiger partial charge >= 0.3 is 57.3 Å². The van der Waals surface area contributed by atoms with E-state index in [0.717, 1.165) is 45.9 Å². The summed E-state index contributed by atoms with van der Waals surface area (Å²) in [6.45, 7) is 3.40. The van der Waals surface area contributed by atoms with Gasteiger partial charge in [-0.25, -0.2) is 8.42 Å². The van der Waals surface area contributed by atoms with Gasteiger partial charge in [0, 0.05) is 49.1 Å². The van der Waals surface area contributed by atoms with E-state index in [0.29, 0.717) is 46.8 Å². The number of halogens is 2. The van der Waals surface area contributed by atoms with E-state index in [9.17, 15) is 18.2 Å². The summed E-state index contributed by atoms with van der Waals surface area (Å²) in [6.07, 6.45) is 2.64. The van der Waals surface area contributed by atoms with Gasteiger partial charge in [-0.15, -0.1) is 0 Å². The average Bonchev–Trinajstić information content (AvgIpc) is 3.46. The Morgan fingerprint density at radius 1 is 1.00 bits per heavy atom. The van der Waals surface area contributed by atoms with Crippen molar-refractivity contribution in [2.75, 3.05) is 34.4 Å². The molecule has 10 nitrogen and oxygen atoms in total. The molecule has 5 rings (SSSR count). The van der Waals surface area contributed by atoms with Gasteiger partial charge in [0.15, 0.2) is 6.54 Å². The van der Waals surface area contributed by atoms with E-state index in [4.69, 9.17) is 27.6 Å². The molecule has 0 radical (unpaired) electrons. The number of fused-ring (bicyclic) bond motifs is 2. The summed E-state index contributed by atoms with van der Waals surface area (Å²) in [4.78, 5) is 4.16. The monoisotopic (exact) mass is 703 g/mol. The maximum atomic E-state index is 11.4. The minimum absolute atomic E-state index is 0. The molecule has 0 fully saturated rings. The molecule has 4 aromatic rings. The second-order valence-corrected chi connectivity index (χ2v) is 12.8. The third-order valence-electron chi connectivity index (χ3n) is 7.02. The Morgan fingerprint density at radius 3 is 2.36 bits per heavy atom. The van der Waals surface area contributed by atoms with Crippen LogP contribution in [-0.2, 0) is 26.0 Å². The van der Waals surface area contributed by atoms with Crippen LogP contribution in [0.25, 0.3) is 28.3 Å². The van der Waals surface area contributed by atoms with Crippen molar-refractivity contribution in [1.29, 1.82) is 0 Å². The Labute approximate surface area is 312 Å². The number of oxazole rings is 1. The molecule has 44 heavy (non-hydrogen) atoms. The van der Waals surface area contributed by atoms with Crippen LogP contribution in [0.1, 0.15) is 25.7 Å². The molecule has 0 amide bonds. The van der Waals surface area contributed by atoms with Crippen LogP contribution in [0.3, 0.4) is 0 Å². The van der Waals surface area contributed by atoms with Crippen LogP contribution in [0.15, 0.2) is 70.9 Å². The molecule has 3 aromatic carbocycles. The van der Waals surface area contributed by atoms with E-state index >= 15 is 0 Å². The SMILES string of the molecule is CCN1/C(=C\c2oc3cc(-c4ccccc4)ccc3[n+]2CCCS(=O)(=O)[O-])N(CCCSOO[O-])c2cc(Cl)c(Cl)cc21.[K+]. The van der Waals surface area contributed by atoms with Gasteiger partial charge in [0.2, 0.25) is 5.58 Å². The number of hydrogen-bond donors (Lipinski definition) is 0. The molecule has 0 saturated heterocycles. The molecule has 2 heterocycles. The van der Waals surface area contributed by atoms with E-state index in [-0.39, 0.29) is 64.4 Å². The molecule has 1 aliphatic rings. The fourth-order valence-corrected chi connectivity index (χ4v) is 6.33. The van der Waals surface area contributed by atoms with E-state index < -0.39 is 15.9 Å². The summed E-state index contributed by atoms with van der Waals surface area (Å²) in [5.41, 5.74) is 5.07. The van der Waals surface area contributed by atoms with Gasteiger partial charge in [-0.3, -0.25) is 5.04 Å². The Bertz CT molecular complexity index is 1740. The number of hydrogen-bond acceptors (Lipinski definition) is 10. The maximum absolute atomic E-state index is 11.4. The third kappa shape index (κ3) is 8.40. The Balaban J connectivity index is 0.00000442. The minimum atomic E-state index is -4.38. The summed E-state index contributed by atoms with van der Waals surface area (Å²) in [6, 6.07) is 19.4. The number of nitrogens with zero attached hydrogens (tertiary/aromatic N) is 3. The molecule has 1 aromatic heterocycles. The van der Waals surface area contributed by atoms with Crippen LogP contribution in [0, 0.1) is 0 Å². The van der Waals surface area contributed by atoms with Gasteiger partial charge in [0.05, 0.1) is 37.6 Å². The zero-order chi connectivity index (χ0) is 30.6. The first-order chi connectivity index (χ1) is 20.7. The Kier molecular flexibility index (Phi) is 13.0. The fourth-order valence-electron chi connectivity index (χ4n) is 5.17. The predicted molar refractivity (Wildman–Crippen MR) is 165 cm³/mol. The second kappa shape index (κ2) is 16.1. The van der Waals surface area contributed by atoms with Crippen molar-refractivity contribution in [3.63, 3.8) is 0 Å². The first-order valence-corrected chi connectivity index (χ1v) is 16.7. The summed E-state index contributed by atoms with van der Waals surface area (Å²) >= 11 is 13.8. The Morgan fingerprint density at radius 2 is 1.70 bits per heavy atom. The molecule has 1 aliphatic heterocycles. The number of rotatable bonds is 13. The molecule has 15 heteroatoms. The normalized spacial score (nSPS) is 14.0. The van der Waals surface area contributed by atoms with Crippen LogP contribution in [0.4, 0.5) is 11.4 Å². The Hall–Kier alpha value is -1.17. The molecular formula is C29H28Cl2KN3O7S2. The van der Waals surface area contributed by atoms with Crippen LogP contribution < -0.4 is 71.0 Å². The van der Waals surface area contributed by atoms with E-state index in [1.165, 1.54) is 0 Å². The van der Waals surface area contributed by atoms with Gasteiger partial charge in [-0.1, -0.05) is 53.5 Å². The zero-order valence-electron chi connectivity index (χ0n) is 24.1. The van der Waals surface area contributed by atoms with Crippen LogP contribution >= 0.6 is 35.2 Å².